The number of hydrogen-bond donors (Lipinski definition) is 2. The first kappa shape index (κ1) is 20.0. The maximum Gasteiger partial charge on any atom is 0.387 e. The second-order valence-electron chi connectivity index (χ2n) is 7.35. The summed E-state index contributed by atoms with van der Waals surface area (Å²) in [7, 11) is 0. The van der Waals surface area contributed by atoms with Crippen LogP contribution in [0.3, 0.4) is 0 Å². The van der Waals surface area contributed by atoms with E-state index in [0.29, 0.717) is 11.3 Å². The number of nitrogens with two attached hydrogens (primary N) is 1. The highest BCUT2D eigenvalue weighted by Gasteiger charge is 2.32. The minimum Gasteiger partial charge on any atom is -0.432 e. The monoisotopic (exact) mass is 444 g/mol. The van der Waals surface area contributed by atoms with Gasteiger partial charge in [-0.1, -0.05) is 0 Å². The summed E-state index contributed by atoms with van der Waals surface area (Å²) in [6.07, 6.45) is 3.22. The molecule has 1 saturated carbocycles. The van der Waals surface area contributed by atoms with Crippen LogP contribution in [-0.4, -0.2) is 26.0 Å². The lowest BCUT2D eigenvalue weighted by atomic mass is 10.2. The molecule has 0 amide bonds. The van der Waals surface area contributed by atoms with E-state index < -0.39 is 24.0 Å². The van der Waals surface area contributed by atoms with Gasteiger partial charge in [0.05, 0.1) is 5.69 Å². The van der Waals surface area contributed by atoms with Crippen LogP contribution in [0.15, 0.2) is 42.6 Å². The number of nitrogens with one attached hydrogen (secondary N) is 1. The molecule has 3 N–H and O–H groups in total. The predicted octanol–water partition coefficient (Wildman–Crippen LogP) is 4.87. The predicted molar refractivity (Wildman–Crippen MR) is 109 cm³/mol. The molecule has 0 unspecified atom stereocenters. The fraction of sp³-hybridized carbons (Fsp3) is 0.190. The molecular weight excluding hydrogens is 428 g/mol. The molecule has 1 aliphatic rings. The number of hydrogen-bond acceptors (Lipinski definition) is 6. The van der Waals surface area contributed by atoms with E-state index in [0.717, 1.165) is 30.7 Å². The number of pyridine rings is 1. The van der Waals surface area contributed by atoms with E-state index in [1.165, 1.54) is 24.4 Å². The summed E-state index contributed by atoms with van der Waals surface area (Å²) < 4.78 is 58.3. The quantitative estimate of drug-likeness (QED) is 0.412. The molecule has 4 aromatic rings. The molecule has 1 fully saturated rings. The molecule has 0 saturated heterocycles. The first-order valence-electron chi connectivity index (χ1n) is 9.71. The topological polar surface area (TPSA) is 90.4 Å². The maximum absolute atomic E-state index is 14.1. The first-order chi connectivity index (χ1) is 15.4. The molecular formula is C21H16F4N6O. The van der Waals surface area contributed by atoms with Gasteiger partial charge in [0, 0.05) is 29.9 Å². The highest BCUT2D eigenvalue weighted by atomic mass is 19.3. The van der Waals surface area contributed by atoms with Crippen molar-refractivity contribution in [2.75, 3.05) is 11.1 Å². The zero-order chi connectivity index (χ0) is 22.4. The average molecular weight is 444 g/mol. The van der Waals surface area contributed by atoms with Crippen molar-refractivity contribution in [1.82, 2.24) is 19.4 Å². The number of fused-ring (bicyclic) bond motifs is 1. The van der Waals surface area contributed by atoms with Gasteiger partial charge in [-0.25, -0.2) is 23.7 Å². The Hall–Kier alpha value is -3.89. The van der Waals surface area contributed by atoms with Crippen molar-refractivity contribution in [3.8, 4) is 17.3 Å². The summed E-state index contributed by atoms with van der Waals surface area (Å²) in [5.74, 6) is -1.16. The van der Waals surface area contributed by atoms with E-state index >= 15 is 0 Å². The lowest BCUT2D eigenvalue weighted by molar-refractivity contribution is -0.0521. The molecule has 0 aliphatic heterocycles. The summed E-state index contributed by atoms with van der Waals surface area (Å²) in [5.41, 5.74) is 8.05. The van der Waals surface area contributed by atoms with Gasteiger partial charge in [-0.05, 0) is 37.1 Å². The van der Waals surface area contributed by atoms with Crippen molar-refractivity contribution < 1.29 is 22.3 Å². The molecule has 0 radical (unpaired) electrons. The summed E-state index contributed by atoms with van der Waals surface area (Å²) in [5, 5.41) is 2.87. The number of aromatic nitrogens is 4. The number of alkyl halides is 2. The standard InChI is InChI=1S/C21H16F4N6O/c22-11-3-6-17-30-18(10-1-2-10)19(31(17)9-11)20-28-15(26)8-16(29-20)27-12-4-5-14(13(23)7-12)32-21(24)25/h3-10,21H,1-2H2,(H3,26,27,28,29). The third-order valence-corrected chi connectivity index (χ3v) is 4.95. The van der Waals surface area contributed by atoms with Gasteiger partial charge in [0.2, 0.25) is 0 Å². The van der Waals surface area contributed by atoms with E-state index in [2.05, 4.69) is 25.0 Å². The van der Waals surface area contributed by atoms with Gasteiger partial charge in [0.1, 0.15) is 28.8 Å². The molecule has 1 aliphatic carbocycles. The average Bonchev–Trinajstić information content (AvgIpc) is 3.50. The van der Waals surface area contributed by atoms with E-state index in [-0.39, 0.29) is 29.1 Å². The van der Waals surface area contributed by atoms with Crippen LogP contribution in [0, 0.1) is 11.6 Å². The molecule has 0 bridgehead atoms. The molecule has 1 aromatic carbocycles. The van der Waals surface area contributed by atoms with Crippen molar-refractivity contribution in [1.29, 1.82) is 0 Å². The van der Waals surface area contributed by atoms with Crippen LogP contribution in [0.2, 0.25) is 0 Å². The number of benzene rings is 1. The van der Waals surface area contributed by atoms with E-state index in [4.69, 9.17) is 5.73 Å². The van der Waals surface area contributed by atoms with Crippen LogP contribution >= 0.6 is 0 Å². The minimum atomic E-state index is -3.14. The SMILES string of the molecule is Nc1cc(Nc2ccc(OC(F)F)c(F)c2)nc(-c2c(C3CC3)nc3ccc(F)cn23)n1. The molecule has 164 valence electrons. The van der Waals surface area contributed by atoms with Gasteiger partial charge in [-0.2, -0.15) is 8.78 Å². The van der Waals surface area contributed by atoms with Crippen LogP contribution in [-0.2, 0) is 0 Å². The Morgan fingerprint density at radius 3 is 2.59 bits per heavy atom. The molecule has 3 aromatic heterocycles. The molecule has 0 atom stereocenters. The fourth-order valence-electron chi connectivity index (χ4n) is 3.45. The van der Waals surface area contributed by atoms with Gasteiger partial charge in [-0.15, -0.1) is 0 Å². The molecule has 3 heterocycles. The van der Waals surface area contributed by atoms with Gasteiger partial charge in [0.25, 0.3) is 0 Å². The number of ether oxygens (including phenoxy) is 1. The highest BCUT2D eigenvalue weighted by molar-refractivity contribution is 5.68. The lowest BCUT2D eigenvalue weighted by Gasteiger charge is -2.11. The van der Waals surface area contributed by atoms with Crippen molar-refractivity contribution >= 4 is 23.0 Å². The smallest absolute Gasteiger partial charge is 0.387 e. The zero-order valence-corrected chi connectivity index (χ0v) is 16.4. The summed E-state index contributed by atoms with van der Waals surface area (Å²) in [6.45, 7) is -3.14. The van der Waals surface area contributed by atoms with E-state index in [9.17, 15) is 17.6 Å². The highest BCUT2D eigenvalue weighted by Crippen LogP contribution is 2.44. The largest absolute Gasteiger partial charge is 0.432 e. The Morgan fingerprint density at radius 1 is 1.06 bits per heavy atom. The van der Waals surface area contributed by atoms with E-state index in [1.807, 2.05) is 0 Å². The number of nitrogen functional groups attached to an aromatic ring is 1. The molecule has 5 rings (SSSR count). The third kappa shape index (κ3) is 3.88. The number of halogens is 4. The van der Waals surface area contributed by atoms with Crippen LogP contribution < -0.4 is 15.8 Å². The van der Waals surface area contributed by atoms with Gasteiger partial charge in [-0.3, -0.25) is 4.40 Å². The fourth-order valence-corrected chi connectivity index (χ4v) is 3.45. The second kappa shape index (κ2) is 7.66. The Balaban J connectivity index is 1.54. The van der Waals surface area contributed by atoms with Gasteiger partial charge in [0.15, 0.2) is 17.4 Å². The third-order valence-electron chi connectivity index (χ3n) is 4.95. The Morgan fingerprint density at radius 2 is 1.88 bits per heavy atom. The van der Waals surface area contributed by atoms with Crippen LogP contribution in [0.25, 0.3) is 17.2 Å². The normalized spacial score (nSPS) is 13.7. The first-order valence-corrected chi connectivity index (χ1v) is 9.71. The molecule has 0 spiro atoms. The van der Waals surface area contributed by atoms with Crippen LogP contribution in [0.1, 0.15) is 24.5 Å². The number of rotatable bonds is 6. The number of anilines is 3. The number of nitrogens with zero attached hydrogens (tertiary/aromatic N) is 4. The van der Waals surface area contributed by atoms with Crippen molar-refractivity contribution in [3.63, 3.8) is 0 Å². The van der Waals surface area contributed by atoms with Crippen LogP contribution in [0.5, 0.6) is 5.75 Å². The van der Waals surface area contributed by atoms with E-state index in [1.54, 1.807) is 10.5 Å². The van der Waals surface area contributed by atoms with Crippen molar-refractivity contribution in [2.45, 2.75) is 25.4 Å². The Labute approximate surface area is 178 Å². The molecule has 11 heteroatoms. The molecule has 7 nitrogen and oxygen atoms in total. The van der Waals surface area contributed by atoms with Crippen molar-refractivity contribution in [3.05, 3.63) is 59.9 Å². The lowest BCUT2D eigenvalue weighted by Crippen LogP contribution is -2.05. The molecule has 32 heavy (non-hydrogen) atoms. The summed E-state index contributed by atoms with van der Waals surface area (Å²) in [6, 6.07) is 7.76. The zero-order valence-electron chi connectivity index (χ0n) is 16.4. The summed E-state index contributed by atoms with van der Waals surface area (Å²) in [4.78, 5) is 13.4. The Bertz CT molecular complexity index is 1320. The Kier molecular flexibility index (Phi) is 4.80. The van der Waals surface area contributed by atoms with Gasteiger partial charge < -0.3 is 15.8 Å². The number of imidazole rings is 1. The van der Waals surface area contributed by atoms with Gasteiger partial charge >= 0.3 is 6.61 Å². The van der Waals surface area contributed by atoms with Crippen LogP contribution in [0.4, 0.5) is 34.9 Å². The maximum atomic E-state index is 14.1. The summed E-state index contributed by atoms with van der Waals surface area (Å²) >= 11 is 0. The van der Waals surface area contributed by atoms with Crippen molar-refractivity contribution in [2.24, 2.45) is 0 Å². The second-order valence-corrected chi connectivity index (χ2v) is 7.35. The minimum absolute atomic E-state index is 0.128.